The summed E-state index contributed by atoms with van der Waals surface area (Å²) >= 11 is 0. The van der Waals surface area contributed by atoms with Crippen molar-refractivity contribution in [2.75, 3.05) is 27.4 Å². The number of hydrogen-bond donors (Lipinski definition) is 1. The second kappa shape index (κ2) is 13.1. The van der Waals surface area contributed by atoms with Gasteiger partial charge in [0.1, 0.15) is 29.3 Å². The molecule has 1 amide bonds. The van der Waals surface area contributed by atoms with Crippen molar-refractivity contribution in [3.63, 3.8) is 0 Å². The van der Waals surface area contributed by atoms with Gasteiger partial charge in [0.25, 0.3) is 0 Å². The number of fused-ring (bicyclic) bond motifs is 1. The molecule has 2 N–H and O–H groups in total. The third-order valence-electron chi connectivity index (χ3n) is 9.07. The Morgan fingerprint density at radius 2 is 1.89 bits per heavy atom. The number of halogens is 2. The van der Waals surface area contributed by atoms with Gasteiger partial charge in [-0.25, -0.2) is 23.1 Å². The van der Waals surface area contributed by atoms with E-state index in [1.807, 2.05) is 12.3 Å². The molecule has 4 atom stereocenters. The second-order valence-electron chi connectivity index (χ2n) is 12.1. The number of rotatable bonds is 7. The van der Waals surface area contributed by atoms with Gasteiger partial charge in [0.05, 0.1) is 49.3 Å². The van der Waals surface area contributed by atoms with Gasteiger partial charge in [0.15, 0.2) is 0 Å². The maximum atomic E-state index is 15.3. The van der Waals surface area contributed by atoms with Gasteiger partial charge in [-0.2, -0.15) is 5.10 Å². The fourth-order valence-corrected chi connectivity index (χ4v) is 6.95. The molecule has 1 aliphatic heterocycles. The van der Waals surface area contributed by atoms with Crippen LogP contribution < -0.4 is 10.5 Å². The molecule has 2 aliphatic rings. The molecule has 0 unspecified atom stereocenters. The van der Waals surface area contributed by atoms with Gasteiger partial charge in [0.2, 0.25) is 0 Å². The van der Waals surface area contributed by atoms with Crippen LogP contribution in [0.2, 0.25) is 0 Å². The minimum absolute atomic E-state index is 0.138. The quantitative estimate of drug-likeness (QED) is 0.303. The zero-order valence-corrected chi connectivity index (χ0v) is 25.7. The number of methoxy groups -OCH3 is 1. The second-order valence-corrected chi connectivity index (χ2v) is 12.1. The summed E-state index contributed by atoms with van der Waals surface area (Å²) in [4.78, 5) is 22.8. The SMILES string of the molecule is COC(=O)N(C)[C@@H]1[C@H](N)C[C@H](c2ccncc2Cc2ncc3ccc(-c4c(F)cc(OC5CCOCC5)cc4F)nn23)C[C@@H]1C. The number of ether oxygens (including phenoxy) is 3. The van der Waals surface area contributed by atoms with Crippen molar-refractivity contribution in [1.29, 1.82) is 0 Å². The summed E-state index contributed by atoms with van der Waals surface area (Å²) < 4.78 is 48.4. The lowest BCUT2D eigenvalue weighted by molar-refractivity contribution is 0.0253. The van der Waals surface area contributed by atoms with Gasteiger partial charge in [-0.1, -0.05) is 6.92 Å². The highest BCUT2D eigenvalue weighted by atomic mass is 19.1. The molecule has 0 radical (unpaired) electrons. The lowest BCUT2D eigenvalue weighted by atomic mass is 9.72. The van der Waals surface area contributed by atoms with Crippen LogP contribution in [0.3, 0.4) is 0 Å². The molecule has 10 nitrogen and oxygen atoms in total. The zero-order valence-electron chi connectivity index (χ0n) is 25.7. The summed E-state index contributed by atoms with van der Waals surface area (Å²) in [6, 6.07) is 7.38. The normalized spacial score (nSPS) is 22.4. The molecule has 0 spiro atoms. The van der Waals surface area contributed by atoms with Gasteiger partial charge in [-0.05, 0) is 54.0 Å². The summed E-state index contributed by atoms with van der Waals surface area (Å²) in [5.74, 6) is -0.459. The summed E-state index contributed by atoms with van der Waals surface area (Å²) in [5, 5.41) is 4.62. The fraction of sp³-hybridized carbons (Fsp3) is 0.455. The highest BCUT2D eigenvalue weighted by Gasteiger charge is 2.39. The molecule has 238 valence electrons. The molecule has 4 aromatic rings. The standard InChI is InChI=1S/C33H38F2N6O4/c1-19-12-20(13-28(36)32(19)40(2)33(42)43-3)25-6-9-37-17-21(25)14-30-38-18-22-4-5-29(39-41(22)30)31-26(34)15-24(16-27(31)35)45-23-7-10-44-11-8-23/h4-6,9,15-20,23,28,32H,7-8,10-14,36H2,1-3H3/t19-,20+,28+,32-/m0/s1. The van der Waals surface area contributed by atoms with Gasteiger partial charge in [-0.15, -0.1) is 0 Å². The smallest absolute Gasteiger partial charge is 0.409 e. The Kier molecular flexibility index (Phi) is 8.95. The number of carbonyl (C=O) groups excluding carboxylic acids is 1. The number of carbonyl (C=O) groups is 1. The number of amides is 1. The first-order valence-electron chi connectivity index (χ1n) is 15.3. The van der Waals surface area contributed by atoms with Crippen LogP contribution in [0.4, 0.5) is 13.6 Å². The first-order chi connectivity index (χ1) is 21.7. The van der Waals surface area contributed by atoms with Crippen molar-refractivity contribution in [1.82, 2.24) is 24.5 Å². The maximum Gasteiger partial charge on any atom is 0.409 e. The van der Waals surface area contributed by atoms with Crippen molar-refractivity contribution in [2.45, 2.75) is 63.1 Å². The minimum Gasteiger partial charge on any atom is -0.490 e. The number of pyridine rings is 1. The van der Waals surface area contributed by atoms with Crippen LogP contribution in [0.25, 0.3) is 16.8 Å². The molecule has 45 heavy (non-hydrogen) atoms. The zero-order chi connectivity index (χ0) is 31.7. The van der Waals surface area contributed by atoms with E-state index in [0.717, 1.165) is 17.5 Å². The summed E-state index contributed by atoms with van der Waals surface area (Å²) in [6.45, 7) is 3.23. The van der Waals surface area contributed by atoms with Crippen molar-refractivity contribution in [3.8, 4) is 17.0 Å². The van der Waals surface area contributed by atoms with Gasteiger partial charge >= 0.3 is 6.09 Å². The average Bonchev–Trinajstić information content (AvgIpc) is 3.42. The van der Waals surface area contributed by atoms with Gasteiger partial charge in [0, 0.05) is 56.9 Å². The molecule has 0 bridgehead atoms. The monoisotopic (exact) mass is 620 g/mol. The van der Waals surface area contributed by atoms with E-state index in [2.05, 4.69) is 22.0 Å². The molecular formula is C33H38F2N6O4. The van der Waals surface area contributed by atoms with Gasteiger partial charge < -0.3 is 24.8 Å². The van der Waals surface area contributed by atoms with Crippen molar-refractivity contribution < 1.29 is 27.8 Å². The van der Waals surface area contributed by atoms with E-state index < -0.39 is 17.7 Å². The Morgan fingerprint density at radius 1 is 1.13 bits per heavy atom. The lowest BCUT2D eigenvalue weighted by Crippen LogP contribution is -2.55. The number of hydrogen-bond acceptors (Lipinski definition) is 8. The Bertz CT molecular complexity index is 1640. The Labute approximate surface area is 260 Å². The molecule has 1 aliphatic carbocycles. The van der Waals surface area contributed by atoms with Crippen molar-refractivity contribution >= 4 is 11.6 Å². The first kappa shape index (κ1) is 30.8. The molecule has 3 aromatic heterocycles. The minimum atomic E-state index is -0.751. The molecule has 4 heterocycles. The Hall–Kier alpha value is -4.16. The number of benzene rings is 1. The average molecular weight is 621 g/mol. The third-order valence-corrected chi connectivity index (χ3v) is 9.07. The van der Waals surface area contributed by atoms with Crippen LogP contribution in [0, 0.1) is 17.6 Å². The van der Waals surface area contributed by atoms with E-state index >= 15 is 8.78 Å². The van der Waals surface area contributed by atoms with Crippen LogP contribution in [0.5, 0.6) is 5.75 Å². The van der Waals surface area contributed by atoms with E-state index in [-0.39, 0.29) is 47.0 Å². The van der Waals surface area contributed by atoms with Crippen molar-refractivity contribution in [3.05, 3.63) is 77.5 Å². The number of nitrogens with zero attached hydrogens (tertiary/aromatic N) is 5. The predicted octanol–water partition coefficient (Wildman–Crippen LogP) is 5.13. The molecule has 6 rings (SSSR count). The van der Waals surface area contributed by atoms with Crippen LogP contribution in [-0.4, -0.2) is 76.1 Å². The number of imidazole rings is 1. The van der Waals surface area contributed by atoms with Gasteiger partial charge in [-0.3, -0.25) is 4.98 Å². The van der Waals surface area contributed by atoms with E-state index in [1.54, 1.807) is 41.0 Å². The van der Waals surface area contributed by atoms with Crippen LogP contribution in [0.1, 0.15) is 55.5 Å². The van der Waals surface area contributed by atoms with E-state index in [9.17, 15) is 4.79 Å². The van der Waals surface area contributed by atoms with E-state index in [1.165, 1.54) is 19.2 Å². The summed E-state index contributed by atoms with van der Waals surface area (Å²) in [7, 11) is 3.09. The number of aromatic nitrogens is 4. The molecule has 2 fully saturated rings. The van der Waals surface area contributed by atoms with Crippen LogP contribution in [-0.2, 0) is 15.9 Å². The fourth-order valence-electron chi connectivity index (χ4n) is 6.95. The predicted molar refractivity (Wildman–Crippen MR) is 163 cm³/mol. The van der Waals surface area contributed by atoms with E-state index in [4.69, 9.17) is 19.9 Å². The highest BCUT2D eigenvalue weighted by Crippen LogP contribution is 2.39. The molecule has 1 saturated carbocycles. The van der Waals surface area contributed by atoms with Crippen LogP contribution in [0.15, 0.2) is 48.9 Å². The van der Waals surface area contributed by atoms with Crippen LogP contribution >= 0.6 is 0 Å². The van der Waals surface area contributed by atoms with Crippen molar-refractivity contribution in [2.24, 2.45) is 11.7 Å². The Morgan fingerprint density at radius 3 is 2.60 bits per heavy atom. The summed E-state index contributed by atoms with van der Waals surface area (Å²) in [5.41, 5.74) is 9.33. The lowest BCUT2D eigenvalue weighted by Gasteiger charge is -2.43. The number of likely N-dealkylation sites (N-methyl/N-ethyl adjacent to an activating group) is 1. The summed E-state index contributed by atoms with van der Waals surface area (Å²) in [6.07, 6.45) is 7.99. The molecule has 1 aromatic carbocycles. The highest BCUT2D eigenvalue weighted by molar-refractivity contribution is 5.67. The van der Waals surface area contributed by atoms with E-state index in [0.29, 0.717) is 50.2 Å². The topological polar surface area (TPSA) is 117 Å². The number of nitrogens with two attached hydrogens (primary N) is 1. The maximum absolute atomic E-state index is 15.3. The molecule has 12 heteroatoms. The first-order valence-corrected chi connectivity index (χ1v) is 15.3. The Balaban J connectivity index is 1.25. The largest absolute Gasteiger partial charge is 0.490 e. The molecule has 1 saturated heterocycles. The molecular weight excluding hydrogens is 582 g/mol. The third kappa shape index (κ3) is 6.34.